The normalized spacial score (nSPS) is 13.8. The highest BCUT2D eigenvalue weighted by atomic mass is 16.4. The molecular weight excluding hydrogens is 1460 g/mol. The van der Waals surface area contributed by atoms with E-state index in [1.807, 2.05) is 0 Å². The van der Waals surface area contributed by atoms with Gasteiger partial charge in [0.1, 0.15) is 48.3 Å². The number of carboxylic acids is 6. The molecule has 25 N–H and O–H groups in total. The monoisotopic (exact) mass is 1560 g/mol. The van der Waals surface area contributed by atoms with Crippen LogP contribution in [-0.2, 0) is 110 Å². The van der Waals surface area contributed by atoms with Crippen LogP contribution >= 0.6 is 0 Å². The first-order valence-electron chi connectivity index (χ1n) is 34.8. The van der Waals surface area contributed by atoms with Gasteiger partial charge in [-0.3, -0.25) is 86.3 Å². The van der Waals surface area contributed by atoms with Crippen LogP contribution in [0.2, 0.25) is 0 Å². The number of fused-ring (bicyclic) bond motifs is 1. The molecule has 3 aromatic carbocycles. The zero-order chi connectivity index (χ0) is 83.0. The average Bonchev–Trinajstić information content (AvgIpc) is 1.71. The van der Waals surface area contributed by atoms with E-state index in [-0.39, 0.29) is 57.8 Å². The minimum absolute atomic E-state index is 0.211. The summed E-state index contributed by atoms with van der Waals surface area (Å²) in [6, 6.07) is 7.97. The number of carbonyl (C=O) groups excluding carboxylic acids is 13. The minimum atomic E-state index is -1.73. The van der Waals surface area contributed by atoms with E-state index < -0.39 is 243 Å². The summed E-state index contributed by atoms with van der Waals surface area (Å²) in [5.41, 5.74) is 23.9. The number of primary amides is 3. The second-order valence-electron chi connectivity index (χ2n) is 25.6. The Labute approximate surface area is 634 Å². The van der Waals surface area contributed by atoms with E-state index in [2.05, 4.69) is 58.2 Å². The van der Waals surface area contributed by atoms with Gasteiger partial charge in [-0.25, -0.2) is 4.79 Å². The van der Waals surface area contributed by atoms with Crippen molar-refractivity contribution in [1.29, 1.82) is 0 Å². The van der Waals surface area contributed by atoms with Crippen molar-refractivity contribution in [3.05, 3.63) is 108 Å². The van der Waals surface area contributed by atoms with Crippen molar-refractivity contribution in [2.75, 3.05) is 7.05 Å². The van der Waals surface area contributed by atoms with Gasteiger partial charge in [-0.15, -0.1) is 0 Å². The van der Waals surface area contributed by atoms with Crippen molar-refractivity contribution in [2.45, 2.75) is 195 Å². The molecule has 0 aliphatic carbocycles. The van der Waals surface area contributed by atoms with Crippen LogP contribution in [0.4, 0.5) is 0 Å². The van der Waals surface area contributed by atoms with E-state index in [4.69, 9.17) is 33.1 Å². The largest absolute Gasteiger partial charge is 0.481 e. The number of ketones is 1. The Hall–Kier alpha value is -12.8. The number of aliphatic carboxylic acids is 6. The van der Waals surface area contributed by atoms with Crippen LogP contribution < -0.4 is 76.1 Å². The molecule has 0 radical (unpaired) electrons. The molecule has 1 aromatic heterocycles. The minimum Gasteiger partial charge on any atom is -0.481 e. The van der Waals surface area contributed by atoms with E-state index in [9.17, 15) is 112 Å². The van der Waals surface area contributed by atoms with E-state index >= 15 is 0 Å². The molecule has 4 aromatic rings. The number of amides is 12. The summed E-state index contributed by atoms with van der Waals surface area (Å²) in [7, 11) is 1.53. The van der Waals surface area contributed by atoms with Crippen molar-refractivity contribution in [2.24, 2.45) is 22.9 Å². The second kappa shape index (κ2) is 47.8. The lowest BCUT2D eigenvalue weighted by atomic mass is 10.0. The van der Waals surface area contributed by atoms with Gasteiger partial charge in [-0.2, -0.15) is 0 Å². The van der Waals surface area contributed by atoms with Gasteiger partial charge in [0.05, 0.1) is 18.1 Å². The van der Waals surface area contributed by atoms with E-state index in [0.29, 0.717) is 22.0 Å². The number of nitrogens with two attached hydrogens (primary N) is 4. The number of nitrogens with one attached hydrogen (secondary N) is 11. The summed E-state index contributed by atoms with van der Waals surface area (Å²) < 4.78 is 0. The van der Waals surface area contributed by atoms with E-state index in [1.54, 1.807) is 91.1 Å². The molecule has 0 spiro atoms. The summed E-state index contributed by atoms with van der Waals surface area (Å²) in [6.07, 6.45) is -5.88. The van der Waals surface area contributed by atoms with Gasteiger partial charge < -0.3 is 112 Å². The van der Waals surface area contributed by atoms with Crippen molar-refractivity contribution in [1.82, 2.24) is 58.2 Å². The number of H-pyrrole nitrogens is 1. The van der Waals surface area contributed by atoms with Crippen LogP contribution in [0.3, 0.4) is 0 Å². The van der Waals surface area contributed by atoms with Gasteiger partial charge in [0.2, 0.25) is 70.9 Å². The van der Waals surface area contributed by atoms with Crippen molar-refractivity contribution < 1.29 is 122 Å². The highest BCUT2D eigenvalue weighted by Gasteiger charge is 2.37. The maximum absolute atomic E-state index is 14.3. The van der Waals surface area contributed by atoms with Crippen LogP contribution in [0.1, 0.15) is 126 Å². The number of benzene rings is 3. The van der Waals surface area contributed by atoms with Gasteiger partial charge >= 0.3 is 35.8 Å². The number of aromatic nitrogens is 1. The van der Waals surface area contributed by atoms with Crippen LogP contribution in [0.15, 0.2) is 91.1 Å². The summed E-state index contributed by atoms with van der Waals surface area (Å²) in [5.74, 6) is -19.9. The standard InChI is InChI=1S/C46H60N10O15.C25H35N5O10/c1-24(57)29(13-18-38(60)61)51-46(71)35(22-26-23-50-30-10-6-5-9-27(26)30)56-44(69)33(15-20-40(64)65)54-45(70)34(21-25-7-3-2-4-8-25)55-43(68)32(14-19-39(62)63)53-42(67)31(12-17-37(49)59)52-41(66)28(47)11-16-36(48)58;1-27-18(13-14-5-3-2-4-6-14)24(38)29-16(8-11-20(32)33)22(36)28-15(7-10-19(26)31)23(37)30-17(25(39)40)9-12-21(34)35/h2-10,23,28-29,31-35,50H,11-22,47H2,1H3,(H2,48,58)(H2,49,59)(H,51,71)(H,52,66)(H,53,67)(H,54,70)(H,55,68)(H,56,69)(H,60,61)(H,62,63)(H,64,65);2-6,15-18,27H,7-13H2,1H3,(H2,26,31)(H,28,36)(H,29,38)(H,30,37)(H,32,33)(H,34,35)(H,39,40)/t28-,29-,31-,32-,33-,34-,35-;15-,16-,17-,18-/m00/s1. The van der Waals surface area contributed by atoms with Crippen LogP contribution in [0.5, 0.6) is 0 Å². The summed E-state index contributed by atoms with van der Waals surface area (Å²) in [6.45, 7) is 1.14. The molecule has 12 amide bonds. The molecule has 0 bridgehead atoms. The Bertz CT molecular complexity index is 3950. The fourth-order valence-electron chi connectivity index (χ4n) is 10.7. The van der Waals surface area contributed by atoms with Crippen LogP contribution in [-0.4, -0.2) is 222 Å². The number of hydrogen-bond acceptors (Lipinski definition) is 21. The number of Topliss-reactive ketones (excluding diaryl/α,β-unsaturated/α-hetero) is 1. The number of carboxylic acid groups (broad SMARTS) is 6. The molecule has 11 atom stereocenters. The molecule has 1 heterocycles. The summed E-state index contributed by atoms with van der Waals surface area (Å²) >= 11 is 0. The van der Waals surface area contributed by atoms with Gasteiger partial charge in [0, 0.05) is 81.3 Å². The van der Waals surface area contributed by atoms with Gasteiger partial charge in [-0.1, -0.05) is 78.9 Å². The third-order valence-electron chi connectivity index (χ3n) is 16.8. The van der Waals surface area contributed by atoms with Crippen molar-refractivity contribution in [3.8, 4) is 0 Å². The third kappa shape index (κ3) is 35.7. The van der Waals surface area contributed by atoms with Crippen molar-refractivity contribution in [3.63, 3.8) is 0 Å². The molecule has 111 heavy (non-hydrogen) atoms. The Morgan fingerprint density at radius 1 is 0.333 bits per heavy atom. The highest BCUT2D eigenvalue weighted by Crippen LogP contribution is 2.21. The molecule has 0 aliphatic heterocycles. The van der Waals surface area contributed by atoms with E-state index in [1.165, 1.54) is 7.05 Å². The Morgan fingerprint density at radius 3 is 0.973 bits per heavy atom. The quantitative estimate of drug-likeness (QED) is 0.0202. The highest BCUT2D eigenvalue weighted by molar-refractivity contribution is 5.99. The van der Waals surface area contributed by atoms with E-state index in [0.717, 1.165) is 12.5 Å². The first-order chi connectivity index (χ1) is 52.4. The molecule has 0 fully saturated rings. The Kier molecular flexibility index (Phi) is 39.8. The Balaban J connectivity index is 0.000000675. The lowest BCUT2D eigenvalue weighted by Gasteiger charge is -2.27. The predicted octanol–water partition coefficient (Wildman–Crippen LogP) is -3.75. The molecule has 40 heteroatoms. The van der Waals surface area contributed by atoms with Crippen molar-refractivity contribution >= 4 is 123 Å². The molecule has 0 saturated heterocycles. The van der Waals surface area contributed by atoms with Crippen LogP contribution in [0.25, 0.3) is 10.9 Å². The number of aromatic amines is 1. The zero-order valence-corrected chi connectivity index (χ0v) is 60.7. The molecule has 0 aliphatic rings. The maximum Gasteiger partial charge on any atom is 0.326 e. The average molecular weight is 1560 g/mol. The first-order valence-corrected chi connectivity index (χ1v) is 34.8. The molecule has 40 nitrogen and oxygen atoms in total. The number of rotatable bonds is 51. The molecular formula is C71H95N15O25. The van der Waals surface area contributed by atoms with Gasteiger partial charge in [-0.05, 0) is 94.5 Å². The summed E-state index contributed by atoms with van der Waals surface area (Å²) in [4.78, 5) is 240. The molecule has 4 rings (SSSR count). The van der Waals surface area contributed by atoms with Gasteiger partial charge in [0.25, 0.3) is 0 Å². The predicted molar refractivity (Wildman–Crippen MR) is 388 cm³/mol. The fourth-order valence-corrected chi connectivity index (χ4v) is 10.7. The number of para-hydroxylation sites is 1. The van der Waals surface area contributed by atoms with Gasteiger partial charge in [0.15, 0.2) is 5.78 Å². The molecule has 604 valence electrons. The first kappa shape index (κ1) is 92.5. The molecule has 0 saturated carbocycles. The lowest BCUT2D eigenvalue weighted by Crippen LogP contribution is -2.60. The number of hydrogen-bond donors (Lipinski definition) is 21. The maximum atomic E-state index is 14.3. The topological polar surface area (TPSA) is 686 Å². The molecule has 0 unspecified atom stereocenters. The lowest BCUT2D eigenvalue weighted by molar-refractivity contribution is -0.144. The number of carbonyl (C=O) groups is 19. The fraction of sp³-hybridized carbons (Fsp3) is 0.451. The van der Waals surface area contributed by atoms with Crippen LogP contribution in [0, 0.1) is 0 Å². The smallest absolute Gasteiger partial charge is 0.326 e. The second-order valence-corrected chi connectivity index (χ2v) is 25.6. The third-order valence-corrected chi connectivity index (χ3v) is 16.8. The summed E-state index contributed by atoms with van der Waals surface area (Å²) in [5, 5.41) is 80.7. The zero-order valence-electron chi connectivity index (χ0n) is 60.7. The number of likely N-dealkylation sites (N-methyl/N-ethyl adjacent to an activating group) is 1. The Morgan fingerprint density at radius 2 is 0.613 bits per heavy atom. The SMILES string of the molecule is CC(=O)[C@H](CCC(=O)O)NC(=O)[C@H](Cc1c[nH]c2ccccc12)NC(=O)[C@H](CCC(=O)O)NC(=O)[C@H](Cc1ccccc1)NC(=O)[C@H](CCC(=O)O)NC(=O)[C@H](CCC(N)=O)NC(=O)[C@@H](N)CCC(N)=O.CN[C@@H](Cc1ccccc1)C(=O)N[C@@H](CCC(=O)O)C(=O)N[C@@H](CCC(N)=O)C(=O)N[C@@H](CCC(=O)O)C(=O)O.